The van der Waals surface area contributed by atoms with Crippen LogP contribution in [0.1, 0.15) is 22.2 Å². The van der Waals surface area contributed by atoms with Crippen LogP contribution in [0.5, 0.6) is 0 Å². The van der Waals surface area contributed by atoms with Crippen LogP contribution in [0.25, 0.3) is 0 Å². The minimum atomic E-state index is 0.227. The van der Waals surface area contributed by atoms with Gasteiger partial charge in [-0.05, 0) is 11.1 Å². The molecule has 1 fully saturated rings. The van der Waals surface area contributed by atoms with Crippen molar-refractivity contribution in [3.05, 3.63) is 87.3 Å². The number of hydrogen-bond acceptors (Lipinski definition) is 4. The second-order valence-corrected chi connectivity index (χ2v) is 7.95. The van der Waals surface area contributed by atoms with Gasteiger partial charge in [0.25, 0.3) is 0 Å². The van der Waals surface area contributed by atoms with E-state index in [9.17, 15) is 0 Å². The maximum atomic E-state index is 6.13. The lowest BCUT2D eigenvalue weighted by Crippen LogP contribution is -2.29. The van der Waals surface area contributed by atoms with Crippen LogP contribution in [0.15, 0.2) is 66.9 Å². The molecule has 0 N–H and O–H groups in total. The average molecular weight is 370 g/mol. The largest absolute Gasteiger partial charge is 0.278 e. The molecule has 2 aromatic carbocycles. The van der Waals surface area contributed by atoms with Crippen molar-refractivity contribution in [1.29, 1.82) is 0 Å². The van der Waals surface area contributed by atoms with Gasteiger partial charge in [0.2, 0.25) is 0 Å². The first kappa shape index (κ1) is 16.7. The lowest BCUT2D eigenvalue weighted by Gasteiger charge is -2.29. The minimum absolute atomic E-state index is 0.227. The average Bonchev–Trinajstić information content (AvgIpc) is 3.23. The summed E-state index contributed by atoms with van der Waals surface area (Å²) >= 11 is 7.71. The van der Waals surface area contributed by atoms with Crippen molar-refractivity contribution < 1.29 is 0 Å². The van der Waals surface area contributed by atoms with Gasteiger partial charge < -0.3 is 0 Å². The molecule has 3 aromatic rings. The van der Waals surface area contributed by atoms with Crippen molar-refractivity contribution in [3.8, 4) is 0 Å². The minimum Gasteiger partial charge on any atom is -0.278 e. The smallest absolute Gasteiger partial charge is 0.183 e. The number of thiazole rings is 1. The molecule has 1 aliphatic heterocycles. The second kappa shape index (κ2) is 7.67. The van der Waals surface area contributed by atoms with Gasteiger partial charge in [0.15, 0.2) is 4.47 Å². The first-order chi connectivity index (χ1) is 12.3. The molecule has 0 saturated carbocycles. The Morgan fingerprint density at radius 2 is 1.40 bits per heavy atom. The fourth-order valence-corrected chi connectivity index (χ4v) is 4.57. The van der Waals surface area contributed by atoms with E-state index in [-0.39, 0.29) is 6.17 Å². The third kappa shape index (κ3) is 3.93. The van der Waals surface area contributed by atoms with Gasteiger partial charge in [-0.15, -0.1) is 11.3 Å². The Labute approximate surface area is 157 Å². The SMILES string of the molecule is Clc1ncc(C2N(Cc3ccccc3)CCN2Cc2ccccc2)s1. The van der Waals surface area contributed by atoms with Crippen LogP contribution < -0.4 is 0 Å². The summed E-state index contributed by atoms with van der Waals surface area (Å²) in [6, 6.07) is 21.3. The molecule has 0 bridgehead atoms. The number of hydrogen-bond donors (Lipinski definition) is 0. The zero-order chi connectivity index (χ0) is 17.1. The molecule has 128 valence electrons. The first-order valence-electron chi connectivity index (χ1n) is 8.47. The van der Waals surface area contributed by atoms with Gasteiger partial charge in [-0.3, -0.25) is 9.80 Å². The van der Waals surface area contributed by atoms with Crippen molar-refractivity contribution >= 4 is 22.9 Å². The number of aromatic nitrogens is 1. The Morgan fingerprint density at radius 1 is 0.880 bits per heavy atom. The molecule has 0 amide bonds. The van der Waals surface area contributed by atoms with Crippen molar-refractivity contribution in [2.24, 2.45) is 0 Å². The van der Waals surface area contributed by atoms with Crippen LogP contribution in [0.2, 0.25) is 4.47 Å². The summed E-state index contributed by atoms with van der Waals surface area (Å²) in [6.45, 7) is 3.96. The Morgan fingerprint density at radius 3 is 1.84 bits per heavy atom. The van der Waals surface area contributed by atoms with Gasteiger partial charge in [-0.25, -0.2) is 4.98 Å². The number of rotatable bonds is 5. The fraction of sp³-hybridized carbons (Fsp3) is 0.250. The summed E-state index contributed by atoms with van der Waals surface area (Å²) in [5.74, 6) is 0. The standard InChI is InChI=1S/C20H20ClN3S/c21-20-22-13-18(25-20)19-23(14-16-7-3-1-4-8-16)11-12-24(19)15-17-9-5-2-6-10-17/h1-10,13,19H,11-12,14-15H2. The third-order valence-corrected chi connectivity index (χ3v) is 5.73. The highest BCUT2D eigenvalue weighted by Crippen LogP contribution is 2.36. The van der Waals surface area contributed by atoms with Crippen molar-refractivity contribution in [2.75, 3.05) is 13.1 Å². The summed E-state index contributed by atoms with van der Waals surface area (Å²) in [7, 11) is 0. The zero-order valence-electron chi connectivity index (χ0n) is 13.9. The summed E-state index contributed by atoms with van der Waals surface area (Å²) in [5.41, 5.74) is 2.68. The summed E-state index contributed by atoms with van der Waals surface area (Å²) < 4.78 is 0.612. The summed E-state index contributed by atoms with van der Waals surface area (Å²) in [5, 5.41) is 0. The maximum Gasteiger partial charge on any atom is 0.183 e. The Balaban J connectivity index is 1.58. The highest BCUT2D eigenvalue weighted by Gasteiger charge is 2.34. The van der Waals surface area contributed by atoms with Crippen LogP contribution >= 0.6 is 22.9 Å². The number of benzene rings is 2. The molecule has 2 heterocycles. The molecule has 1 saturated heterocycles. The van der Waals surface area contributed by atoms with E-state index in [2.05, 4.69) is 75.4 Å². The van der Waals surface area contributed by atoms with Crippen LogP contribution in [0.4, 0.5) is 0 Å². The van der Waals surface area contributed by atoms with Crippen LogP contribution in [-0.2, 0) is 13.1 Å². The highest BCUT2D eigenvalue weighted by atomic mass is 35.5. The molecule has 4 rings (SSSR count). The maximum absolute atomic E-state index is 6.13. The molecule has 1 aliphatic rings. The Bertz CT molecular complexity index is 757. The monoisotopic (exact) mass is 369 g/mol. The molecule has 0 unspecified atom stereocenters. The molecule has 0 atom stereocenters. The van der Waals surface area contributed by atoms with E-state index in [4.69, 9.17) is 11.6 Å². The van der Waals surface area contributed by atoms with Crippen molar-refractivity contribution in [2.45, 2.75) is 19.3 Å². The molecule has 3 nitrogen and oxygen atoms in total. The fourth-order valence-electron chi connectivity index (χ4n) is 3.44. The van der Waals surface area contributed by atoms with Gasteiger partial charge in [-0.2, -0.15) is 0 Å². The predicted molar refractivity (Wildman–Crippen MR) is 104 cm³/mol. The van der Waals surface area contributed by atoms with Crippen molar-refractivity contribution in [3.63, 3.8) is 0 Å². The van der Waals surface area contributed by atoms with Crippen LogP contribution in [0, 0.1) is 0 Å². The van der Waals surface area contributed by atoms with E-state index in [1.54, 1.807) is 11.3 Å². The predicted octanol–water partition coefficient (Wildman–Crippen LogP) is 4.81. The molecular formula is C20H20ClN3S. The van der Waals surface area contributed by atoms with E-state index >= 15 is 0 Å². The molecule has 25 heavy (non-hydrogen) atoms. The lowest BCUT2D eigenvalue weighted by molar-refractivity contribution is 0.129. The van der Waals surface area contributed by atoms with Gasteiger partial charge in [0, 0.05) is 32.4 Å². The van der Waals surface area contributed by atoms with E-state index < -0.39 is 0 Å². The molecule has 1 aromatic heterocycles. The Hall–Kier alpha value is -1.72. The summed E-state index contributed by atoms with van der Waals surface area (Å²) in [6.07, 6.45) is 2.16. The number of nitrogens with zero attached hydrogens (tertiary/aromatic N) is 3. The van der Waals surface area contributed by atoms with E-state index in [0.717, 1.165) is 26.2 Å². The molecule has 0 aliphatic carbocycles. The van der Waals surface area contributed by atoms with E-state index in [1.165, 1.54) is 16.0 Å². The first-order valence-corrected chi connectivity index (χ1v) is 9.66. The van der Waals surface area contributed by atoms with E-state index in [0.29, 0.717) is 4.47 Å². The van der Waals surface area contributed by atoms with Crippen LogP contribution in [0.3, 0.4) is 0 Å². The van der Waals surface area contributed by atoms with Gasteiger partial charge >= 0.3 is 0 Å². The van der Waals surface area contributed by atoms with Crippen LogP contribution in [-0.4, -0.2) is 27.9 Å². The van der Waals surface area contributed by atoms with E-state index in [1.807, 2.05) is 6.20 Å². The zero-order valence-corrected chi connectivity index (χ0v) is 15.5. The molecular weight excluding hydrogens is 350 g/mol. The summed E-state index contributed by atoms with van der Waals surface area (Å²) in [4.78, 5) is 10.5. The lowest BCUT2D eigenvalue weighted by atomic mass is 10.2. The third-order valence-electron chi connectivity index (χ3n) is 4.57. The van der Waals surface area contributed by atoms with Crippen molar-refractivity contribution in [1.82, 2.24) is 14.8 Å². The Kier molecular flexibility index (Phi) is 5.13. The topological polar surface area (TPSA) is 19.4 Å². The quantitative estimate of drug-likeness (QED) is 0.643. The van der Waals surface area contributed by atoms with Gasteiger partial charge in [-0.1, -0.05) is 72.3 Å². The van der Waals surface area contributed by atoms with Gasteiger partial charge in [0.1, 0.15) is 6.17 Å². The number of halogens is 1. The molecule has 0 spiro atoms. The second-order valence-electron chi connectivity index (χ2n) is 6.30. The normalized spacial score (nSPS) is 16.5. The highest BCUT2D eigenvalue weighted by molar-refractivity contribution is 7.15. The van der Waals surface area contributed by atoms with Gasteiger partial charge in [0.05, 0.1) is 4.88 Å². The molecule has 5 heteroatoms. The molecule has 0 radical (unpaired) electrons.